The van der Waals surface area contributed by atoms with E-state index in [-0.39, 0.29) is 25.8 Å². The molecule has 58 heavy (non-hydrogen) atoms. The van der Waals surface area contributed by atoms with E-state index in [1.165, 1.54) is 199 Å². The molecule has 2 unspecified atom stereocenters. The average molecular weight is 847 g/mol. The molecule has 0 saturated carbocycles. The third-order valence-electron chi connectivity index (χ3n) is 11.4. The predicted molar refractivity (Wildman–Crippen MR) is 248 cm³/mol. The van der Waals surface area contributed by atoms with Gasteiger partial charge in [0.25, 0.3) is 0 Å². The first-order valence-electron chi connectivity index (χ1n) is 25.3. The highest BCUT2D eigenvalue weighted by molar-refractivity contribution is 7.47. The number of ether oxygens (including phenoxy) is 2. The summed E-state index contributed by atoms with van der Waals surface area (Å²) in [5.74, 6) is -0.310. The number of rotatable bonds is 48. The zero-order chi connectivity index (χ0) is 42.7. The van der Waals surface area contributed by atoms with E-state index in [9.17, 15) is 14.3 Å². The van der Waals surface area contributed by atoms with Crippen molar-refractivity contribution in [3.8, 4) is 0 Å². The van der Waals surface area contributed by atoms with E-state index in [1.807, 2.05) is 21.1 Å². The monoisotopic (exact) mass is 847 g/mol. The van der Waals surface area contributed by atoms with Crippen LogP contribution in [0.1, 0.15) is 251 Å². The highest BCUT2D eigenvalue weighted by atomic mass is 31.2. The van der Waals surface area contributed by atoms with E-state index in [4.69, 9.17) is 18.5 Å². The van der Waals surface area contributed by atoms with Crippen LogP contribution < -0.4 is 0 Å². The number of unbranched alkanes of at least 4 members (excludes halogenated alkanes) is 34. The van der Waals surface area contributed by atoms with Crippen molar-refractivity contribution in [2.75, 3.05) is 54.1 Å². The lowest BCUT2D eigenvalue weighted by molar-refractivity contribution is -0.870. The maximum Gasteiger partial charge on any atom is 0.472 e. The third kappa shape index (κ3) is 46.6. The van der Waals surface area contributed by atoms with Gasteiger partial charge >= 0.3 is 13.8 Å². The number of nitrogens with zero attached hydrogens (tertiary/aromatic N) is 1. The summed E-state index contributed by atoms with van der Waals surface area (Å²) in [4.78, 5) is 22.9. The van der Waals surface area contributed by atoms with Gasteiger partial charge in [0, 0.05) is 13.0 Å². The number of phosphoric ester groups is 1. The third-order valence-corrected chi connectivity index (χ3v) is 12.4. The van der Waals surface area contributed by atoms with Gasteiger partial charge in [0.2, 0.25) is 0 Å². The van der Waals surface area contributed by atoms with Gasteiger partial charge in [0.1, 0.15) is 19.3 Å². The zero-order valence-electron chi connectivity index (χ0n) is 39.6. The Balaban J connectivity index is 3.92. The molecule has 1 N–H and O–H groups in total. The fourth-order valence-corrected chi connectivity index (χ4v) is 8.24. The molecule has 0 radical (unpaired) electrons. The number of carbonyl (C=O) groups excluding carboxylic acids is 1. The highest BCUT2D eigenvalue weighted by Crippen LogP contribution is 2.43. The van der Waals surface area contributed by atoms with Crippen molar-refractivity contribution in [3.63, 3.8) is 0 Å². The van der Waals surface area contributed by atoms with Crippen LogP contribution in [0.25, 0.3) is 0 Å². The van der Waals surface area contributed by atoms with Gasteiger partial charge in [-0.15, -0.1) is 0 Å². The summed E-state index contributed by atoms with van der Waals surface area (Å²) >= 11 is 0. The lowest BCUT2D eigenvalue weighted by Crippen LogP contribution is -2.37. The first-order valence-corrected chi connectivity index (χ1v) is 26.8. The molecule has 0 aliphatic rings. The van der Waals surface area contributed by atoms with Gasteiger partial charge in [-0.25, -0.2) is 4.57 Å². The van der Waals surface area contributed by atoms with Gasteiger partial charge in [-0.2, -0.15) is 0 Å². The molecule has 0 aromatic heterocycles. The summed E-state index contributed by atoms with van der Waals surface area (Å²) in [6.45, 7) is 5.67. The average Bonchev–Trinajstić information content (AvgIpc) is 3.18. The van der Waals surface area contributed by atoms with Crippen molar-refractivity contribution < 1.29 is 37.3 Å². The maximum atomic E-state index is 12.7. The van der Waals surface area contributed by atoms with Gasteiger partial charge in [0.15, 0.2) is 0 Å². The Kier molecular flexibility index (Phi) is 42.8. The molecule has 0 aliphatic heterocycles. The van der Waals surface area contributed by atoms with E-state index < -0.39 is 13.9 Å². The van der Waals surface area contributed by atoms with Crippen molar-refractivity contribution in [1.29, 1.82) is 0 Å². The minimum atomic E-state index is -4.27. The highest BCUT2D eigenvalue weighted by Gasteiger charge is 2.26. The van der Waals surface area contributed by atoms with E-state index >= 15 is 0 Å². The molecule has 0 amide bonds. The summed E-state index contributed by atoms with van der Waals surface area (Å²) in [6, 6.07) is 0. The molecular weight excluding hydrogens is 746 g/mol. The Morgan fingerprint density at radius 2 is 0.793 bits per heavy atom. The van der Waals surface area contributed by atoms with Crippen LogP contribution >= 0.6 is 7.82 Å². The van der Waals surface area contributed by atoms with Gasteiger partial charge in [-0.1, -0.05) is 232 Å². The lowest BCUT2D eigenvalue weighted by Gasteiger charge is -2.24. The van der Waals surface area contributed by atoms with Gasteiger partial charge < -0.3 is 18.9 Å². The Morgan fingerprint density at radius 3 is 1.14 bits per heavy atom. The molecular formula is C49H101NO7P+. The molecule has 0 fully saturated rings. The summed E-state index contributed by atoms with van der Waals surface area (Å²) in [5.41, 5.74) is 0. The van der Waals surface area contributed by atoms with E-state index in [2.05, 4.69) is 13.8 Å². The Hall–Kier alpha value is -0.500. The first kappa shape index (κ1) is 57.5. The number of hydrogen-bond acceptors (Lipinski definition) is 6. The van der Waals surface area contributed by atoms with E-state index in [1.54, 1.807) is 0 Å². The molecule has 8 nitrogen and oxygen atoms in total. The van der Waals surface area contributed by atoms with Crippen LogP contribution in [-0.4, -0.2) is 75.6 Å². The lowest BCUT2D eigenvalue weighted by atomic mass is 10.0. The second-order valence-corrected chi connectivity index (χ2v) is 20.0. The molecule has 0 aromatic carbocycles. The molecule has 0 rings (SSSR count). The van der Waals surface area contributed by atoms with Crippen LogP contribution in [0.15, 0.2) is 0 Å². The topological polar surface area (TPSA) is 91.3 Å². The molecule has 0 aliphatic carbocycles. The zero-order valence-corrected chi connectivity index (χ0v) is 40.5. The van der Waals surface area contributed by atoms with Crippen LogP contribution in [0.5, 0.6) is 0 Å². The Bertz CT molecular complexity index is 899. The normalized spacial score (nSPS) is 13.6. The van der Waals surface area contributed by atoms with Gasteiger partial charge in [-0.05, 0) is 12.8 Å². The SMILES string of the molecule is CCCCCCCCCCCCCCCCCCCCCCCCCCCCOCC(COP(=O)(O)OCC[N+](C)(C)C)OC(=O)CCCCCCCCCCCC. The summed E-state index contributed by atoms with van der Waals surface area (Å²) in [7, 11) is 1.69. The van der Waals surface area contributed by atoms with Gasteiger partial charge in [0.05, 0.1) is 34.4 Å². The molecule has 0 bridgehead atoms. The minimum Gasteiger partial charge on any atom is -0.457 e. The minimum absolute atomic E-state index is 0.0938. The van der Waals surface area contributed by atoms with Crippen molar-refractivity contribution >= 4 is 13.8 Å². The second kappa shape index (κ2) is 43.2. The number of hydrogen-bond donors (Lipinski definition) is 1. The molecule has 0 spiro atoms. The Labute approximate surface area is 361 Å². The Morgan fingerprint density at radius 1 is 0.466 bits per heavy atom. The largest absolute Gasteiger partial charge is 0.472 e. The van der Waals surface area contributed by atoms with Crippen LogP contribution in [0, 0.1) is 0 Å². The quantitative estimate of drug-likeness (QED) is 0.0282. The summed E-state index contributed by atoms with van der Waals surface area (Å²) in [5, 5.41) is 0. The number of quaternary nitrogens is 1. The number of phosphoric acid groups is 1. The van der Waals surface area contributed by atoms with Crippen molar-refractivity contribution in [2.45, 2.75) is 258 Å². The molecule has 2 atom stereocenters. The van der Waals surface area contributed by atoms with Crippen LogP contribution in [0.3, 0.4) is 0 Å². The van der Waals surface area contributed by atoms with Crippen molar-refractivity contribution in [1.82, 2.24) is 0 Å². The van der Waals surface area contributed by atoms with Crippen molar-refractivity contribution in [2.24, 2.45) is 0 Å². The van der Waals surface area contributed by atoms with E-state index in [0.717, 1.165) is 32.1 Å². The second-order valence-electron chi connectivity index (χ2n) is 18.6. The summed E-state index contributed by atoms with van der Waals surface area (Å²) in [6.07, 6.45) is 47.4. The number of esters is 1. The van der Waals surface area contributed by atoms with Crippen LogP contribution in [-0.2, 0) is 27.9 Å². The number of carbonyl (C=O) groups is 1. The standard InChI is InChI=1S/C49H100NO7P/c1-6-8-10-12-14-16-18-19-20-21-22-23-24-25-26-27-28-29-30-31-32-33-35-37-39-41-44-54-46-48(47-56-58(52,53)55-45-43-50(3,4)5)57-49(51)42-40-38-36-34-17-15-13-11-9-7-2/h48H,6-47H2,1-5H3/p+1. The van der Waals surface area contributed by atoms with Crippen molar-refractivity contribution in [3.05, 3.63) is 0 Å². The molecule has 0 aromatic rings. The molecule has 0 heterocycles. The van der Waals surface area contributed by atoms with Crippen LogP contribution in [0.2, 0.25) is 0 Å². The molecule has 9 heteroatoms. The smallest absolute Gasteiger partial charge is 0.457 e. The number of likely N-dealkylation sites (N-methyl/N-ethyl adjacent to an activating group) is 1. The summed E-state index contributed by atoms with van der Waals surface area (Å²) < 4.78 is 35.0. The van der Waals surface area contributed by atoms with Crippen LogP contribution in [0.4, 0.5) is 0 Å². The fraction of sp³-hybridized carbons (Fsp3) is 0.980. The maximum absolute atomic E-state index is 12.7. The molecule has 0 saturated heterocycles. The van der Waals surface area contributed by atoms with E-state index in [0.29, 0.717) is 24.1 Å². The first-order chi connectivity index (χ1) is 28.1. The fourth-order valence-electron chi connectivity index (χ4n) is 7.50. The van der Waals surface area contributed by atoms with Gasteiger partial charge in [-0.3, -0.25) is 13.8 Å². The predicted octanol–water partition coefficient (Wildman–Crippen LogP) is 15.2. The molecule has 348 valence electrons.